The van der Waals surface area contributed by atoms with Crippen molar-refractivity contribution in [2.45, 2.75) is 11.8 Å². The summed E-state index contributed by atoms with van der Waals surface area (Å²) in [7, 11) is -4.20. The van der Waals surface area contributed by atoms with Crippen molar-refractivity contribution in [1.82, 2.24) is 4.98 Å². The fourth-order valence-electron chi connectivity index (χ4n) is 1.62. The zero-order valence-electron chi connectivity index (χ0n) is 10.7. The first-order chi connectivity index (χ1) is 9.70. The molecule has 0 saturated heterocycles. The molecule has 0 atom stereocenters. The number of hydrogen-bond acceptors (Lipinski definition) is 4. The van der Waals surface area contributed by atoms with Crippen LogP contribution in [0.2, 0.25) is 10.2 Å². The lowest BCUT2D eigenvalue weighted by Gasteiger charge is -2.12. The van der Waals surface area contributed by atoms with Crippen molar-refractivity contribution in [2.24, 2.45) is 0 Å². The third-order valence-corrected chi connectivity index (χ3v) is 4.41. The van der Waals surface area contributed by atoms with Crippen LogP contribution in [0.5, 0.6) is 0 Å². The summed E-state index contributed by atoms with van der Waals surface area (Å²) in [6, 6.07) is 4.95. The van der Waals surface area contributed by atoms with Crippen LogP contribution in [0.25, 0.3) is 0 Å². The number of nitrogens with two attached hydrogens (primary N) is 1. The van der Waals surface area contributed by atoms with E-state index < -0.39 is 20.7 Å². The van der Waals surface area contributed by atoms with Gasteiger partial charge in [-0.2, -0.15) is 0 Å². The molecule has 0 bridgehead atoms. The molecule has 112 valence electrons. The molecule has 0 fully saturated rings. The Balaban J connectivity index is 2.48. The molecule has 3 N–H and O–H groups in total. The number of benzene rings is 1. The highest BCUT2D eigenvalue weighted by Gasteiger charge is 2.22. The van der Waals surface area contributed by atoms with Gasteiger partial charge in [-0.05, 0) is 31.2 Å². The maximum atomic E-state index is 13.9. The topological polar surface area (TPSA) is 85.1 Å². The van der Waals surface area contributed by atoms with E-state index in [4.69, 9.17) is 28.9 Å². The zero-order chi connectivity index (χ0) is 15.8. The van der Waals surface area contributed by atoms with E-state index in [-0.39, 0.29) is 21.6 Å². The largest absolute Gasteiger partial charge is 0.396 e. The van der Waals surface area contributed by atoms with Crippen molar-refractivity contribution in [2.75, 3.05) is 10.5 Å². The minimum atomic E-state index is -4.20. The highest BCUT2D eigenvalue weighted by molar-refractivity contribution is 7.92. The molecule has 1 heterocycles. The molecule has 0 saturated carbocycles. The van der Waals surface area contributed by atoms with Crippen molar-refractivity contribution in [3.8, 4) is 0 Å². The fourth-order valence-corrected chi connectivity index (χ4v) is 3.35. The standard InChI is InChI=1S/C12H10Cl2FN3O2S/c1-6-9(2-3-11(14)17-6)18-21(19,20)10-5-7(13)4-8(16)12(10)15/h2-5,18H,16H2,1H3. The number of anilines is 2. The molecule has 1 aromatic carbocycles. The van der Waals surface area contributed by atoms with Crippen LogP contribution in [0, 0.1) is 12.7 Å². The molecule has 0 aliphatic rings. The molecule has 0 radical (unpaired) electrons. The fraction of sp³-hybridized carbons (Fsp3) is 0.0833. The predicted octanol–water partition coefficient (Wildman–Crippen LogP) is 3.22. The molecular formula is C12H10Cl2FN3O2S. The maximum Gasteiger partial charge on any atom is 0.265 e. The molecule has 0 unspecified atom stereocenters. The van der Waals surface area contributed by atoms with E-state index in [1.807, 2.05) is 0 Å². The van der Waals surface area contributed by atoms with Gasteiger partial charge in [0.2, 0.25) is 0 Å². The van der Waals surface area contributed by atoms with Gasteiger partial charge in [0.05, 0.1) is 17.1 Å². The molecule has 0 aliphatic heterocycles. The molecule has 5 nitrogen and oxygen atoms in total. The maximum absolute atomic E-state index is 13.9. The molecule has 2 rings (SSSR count). The monoisotopic (exact) mass is 349 g/mol. The number of hydrogen-bond donors (Lipinski definition) is 2. The van der Waals surface area contributed by atoms with E-state index in [1.54, 1.807) is 6.92 Å². The van der Waals surface area contributed by atoms with Gasteiger partial charge in [0.1, 0.15) is 10.0 Å². The number of nitrogen functional groups attached to an aromatic ring is 1. The van der Waals surface area contributed by atoms with E-state index in [1.165, 1.54) is 12.1 Å². The number of halogens is 3. The first-order valence-corrected chi connectivity index (χ1v) is 7.85. The Morgan fingerprint density at radius 2 is 1.95 bits per heavy atom. The number of sulfonamides is 1. The Bertz CT molecular complexity index is 812. The van der Waals surface area contributed by atoms with Gasteiger partial charge in [-0.1, -0.05) is 23.2 Å². The summed E-state index contributed by atoms with van der Waals surface area (Å²) < 4.78 is 40.6. The molecule has 0 aliphatic carbocycles. The van der Waals surface area contributed by atoms with Crippen LogP contribution in [0.4, 0.5) is 15.8 Å². The summed E-state index contributed by atoms with van der Waals surface area (Å²) in [5, 5.41) is 0.230. The molecule has 9 heteroatoms. The molecular weight excluding hydrogens is 340 g/mol. The van der Waals surface area contributed by atoms with E-state index in [9.17, 15) is 12.8 Å². The van der Waals surface area contributed by atoms with E-state index in [0.717, 1.165) is 12.1 Å². The third-order valence-electron chi connectivity index (χ3n) is 2.62. The highest BCUT2D eigenvalue weighted by atomic mass is 35.5. The average molecular weight is 350 g/mol. The van der Waals surface area contributed by atoms with E-state index in [0.29, 0.717) is 5.69 Å². The summed E-state index contributed by atoms with van der Waals surface area (Å²) in [5.41, 5.74) is 5.55. The van der Waals surface area contributed by atoms with Gasteiger partial charge in [-0.15, -0.1) is 0 Å². The number of aryl methyl sites for hydroxylation is 1. The van der Waals surface area contributed by atoms with Gasteiger partial charge in [-0.3, -0.25) is 4.72 Å². The molecule has 2 aromatic rings. The zero-order valence-corrected chi connectivity index (χ0v) is 13.0. The second-order valence-corrected chi connectivity index (χ2v) is 6.65. The predicted molar refractivity (Wildman–Crippen MR) is 80.6 cm³/mol. The van der Waals surface area contributed by atoms with Crippen LogP contribution < -0.4 is 10.5 Å². The van der Waals surface area contributed by atoms with Crippen molar-refractivity contribution >= 4 is 44.6 Å². The van der Waals surface area contributed by atoms with Gasteiger partial charge in [-0.25, -0.2) is 17.8 Å². The Labute approximate surface area is 130 Å². The summed E-state index contributed by atoms with van der Waals surface area (Å²) in [4.78, 5) is 3.27. The normalized spacial score (nSPS) is 11.4. The third kappa shape index (κ3) is 3.37. The minimum absolute atomic E-state index is 0.0141. The number of pyridine rings is 1. The van der Waals surface area contributed by atoms with Gasteiger partial charge in [0.15, 0.2) is 5.82 Å². The minimum Gasteiger partial charge on any atom is -0.396 e. The van der Waals surface area contributed by atoms with Crippen LogP contribution >= 0.6 is 23.2 Å². The summed E-state index contributed by atoms with van der Waals surface area (Å²) in [6.45, 7) is 1.56. The van der Waals surface area contributed by atoms with Gasteiger partial charge in [0.25, 0.3) is 10.0 Å². The second-order valence-electron chi connectivity index (χ2n) is 4.18. The van der Waals surface area contributed by atoms with Crippen LogP contribution in [0.15, 0.2) is 29.2 Å². The Kier molecular flexibility index (Phi) is 4.27. The van der Waals surface area contributed by atoms with Crippen LogP contribution in [-0.2, 0) is 10.0 Å². The van der Waals surface area contributed by atoms with Crippen LogP contribution in [0.1, 0.15) is 5.69 Å². The first-order valence-electron chi connectivity index (χ1n) is 5.61. The van der Waals surface area contributed by atoms with Crippen molar-refractivity contribution in [3.05, 3.63) is 46.0 Å². The van der Waals surface area contributed by atoms with Crippen molar-refractivity contribution < 1.29 is 12.8 Å². The first kappa shape index (κ1) is 15.8. The summed E-state index contributed by atoms with van der Waals surface area (Å²) in [5.74, 6) is -1.06. The summed E-state index contributed by atoms with van der Waals surface area (Å²) >= 11 is 11.4. The van der Waals surface area contributed by atoms with Gasteiger partial charge in [0, 0.05) is 5.02 Å². The van der Waals surface area contributed by atoms with E-state index >= 15 is 0 Å². The lowest BCUT2D eigenvalue weighted by atomic mass is 10.3. The number of nitrogens with one attached hydrogen (secondary N) is 1. The average Bonchev–Trinajstić information content (AvgIpc) is 2.37. The molecule has 0 amide bonds. The highest BCUT2D eigenvalue weighted by Crippen LogP contribution is 2.27. The Morgan fingerprint density at radius 1 is 1.29 bits per heavy atom. The van der Waals surface area contributed by atoms with Crippen molar-refractivity contribution in [1.29, 1.82) is 0 Å². The lowest BCUT2D eigenvalue weighted by molar-refractivity contribution is 0.573. The van der Waals surface area contributed by atoms with Gasteiger partial charge < -0.3 is 5.73 Å². The van der Waals surface area contributed by atoms with Crippen LogP contribution in [-0.4, -0.2) is 13.4 Å². The Hall–Kier alpha value is -1.57. The quantitative estimate of drug-likeness (QED) is 0.658. The lowest BCUT2D eigenvalue weighted by Crippen LogP contribution is -2.16. The Morgan fingerprint density at radius 3 is 2.57 bits per heavy atom. The van der Waals surface area contributed by atoms with Crippen LogP contribution in [0.3, 0.4) is 0 Å². The number of nitrogens with zero attached hydrogens (tertiary/aromatic N) is 1. The number of aromatic nitrogens is 1. The molecule has 21 heavy (non-hydrogen) atoms. The van der Waals surface area contributed by atoms with E-state index in [2.05, 4.69) is 9.71 Å². The van der Waals surface area contributed by atoms with Crippen molar-refractivity contribution in [3.63, 3.8) is 0 Å². The summed E-state index contributed by atoms with van der Waals surface area (Å²) in [6.07, 6.45) is 0. The second kappa shape index (κ2) is 5.67. The smallest absolute Gasteiger partial charge is 0.265 e. The number of rotatable bonds is 3. The van der Waals surface area contributed by atoms with Gasteiger partial charge >= 0.3 is 0 Å². The SMILES string of the molecule is Cc1nc(Cl)ccc1NS(=O)(=O)c1cc(Cl)cc(N)c1F. The molecule has 1 aromatic heterocycles. The molecule has 0 spiro atoms.